The molecule has 0 bridgehead atoms. The fourth-order valence-corrected chi connectivity index (χ4v) is 6.00. The Bertz CT molecular complexity index is 1010. The van der Waals surface area contributed by atoms with Gasteiger partial charge in [0.2, 0.25) is 10.0 Å². The third kappa shape index (κ3) is 6.20. The molecule has 1 amide bonds. The lowest BCUT2D eigenvalue weighted by molar-refractivity contribution is 0.0332. The lowest BCUT2D eigenvalue weighted by Gasteiger charge is -2.31. The summed E-state index contributed by atoms with van der Waals surface area (Å²) in [5, 5.41) is 3.14. The summed E-state index contributed by atoms with van der Waals surface area (Å²) in [5.74, 6) is -0.273. The molecule has 0 saturated carbocycles. The highest BCUT2D eigenvalue weighted by Gasteiger charge is 2.26. The van der Waals surface area contributed by atoms with Crippen molar-refractivity contribution in [1.82, 2.24) is 14.5 Å². The van der Waals surface area contributed by atoms with Crippen molar-refractivity contribution in [1.29, 1.82) is 0 Å². The molecule has 0 aliphatic carbocycles. The first-order valence-corrected chi connectivity index (χ1v) is 13.2. The molecular weight excluding hydrogens is 438 g/mol. The van der Waals surface area contributed by atoms with E-state index in [2.05, 4.69) is 10.2 Å². The molecule has 33 heavy (non-hydrogen) atoms. The van der Waals surface area contributed by atoms with Crippen molar-refractivity contribution >= 4 is 15.9 Å². The molecule has 178 valence electrons. The second-order valence-corrected chi connectivity index (χ2v) is 10.6. The molecule has 0 radical (unpaired) electrons. The molecule has 7 nitrogen and oxygen atoms in total. The molecule has 2 fully saturated rings. The number of rotatable bonds is 7. The van der Waals surface area contributed by atoms with E-state index in [-0.39, 0.29) is 16.8 Å². The van der Waals surface area contributed by atoms with Crippen LogP contribution in [0.4, 0.5) is 0 Å². The minimum Gasteiger partial charge on any atom is -0.379 e. The first kappa shape index (κ1) is 23.9. The van der Waals surface area contributed by atoms with Gasteiger partial charge in [-0.25, -0.2) is 8.42 Å². The predicted molar refractivity (Wildman–Crippen MR) is 128 cm³/mol. The molecular formula is C25H33N3O4S. The second-order valence-electron chi connectivity index (χ2n) is 8.70. The zero-order chi connectivity index (χ0) is 23.1. The number of nitrogens with one attached hydrogen (secondary N) is 1. The Balaban J connectivity index is 1.52. The predicted octanol–water partition coefficient (Wildman–Crippen LogP) is 3.05. The molecule has 1 unspecified atom stereocenters. The Kier molecular flexibility index (Phi) is 8.14. The molecule has 4 rings (SSSR count). The van der Waals surface area contributed by atoms with Gasteiger partial charge in [0.05, 0.1) is 24.2 Å². The fraction of sp³-hybridized carbons (Fsp3) is 0.480. The number of hydrogen-bond donors (Lipinski definition) is 1. The highest BCUT2D eigenvalue weighted by atomic mass is 32.2. The van der Waals surface area contributed by atoms with Crippen molar-refractivity contribution in [2.45, 2.75) is 36.6 Å². The van der Waals surface area contributed by atoms with Gasteiger partial charge in [-0.3, -0.25) is 9.69 Å². The first-order valence-electron chi connectivity index (χ1n) is 11.8. The van der Waals surface area contributed by atoms with Gasteiger partial charge in [-0.1, -0.05) is 49.2 Å². The van der Waals surface area contributed by atoms with Crippen molar-refractivity contribution in [2.24, 2.45) is 0 Å². The van der Waals surface area contributed by atoms with Crippen LogP contribution in [-0.4, -0.2) is 69.5 Å². The SMILES string of the molecule is O=C(NC(CN1CCOCC1)c1ccccc1)c1cccc(S(=O)(=O)N2CCCCCC2)c1. The van der Waals surface area contributed by atoms with Crippen molar-refractivity contribution in [3.05, 3.63) is 65.7 Å². The van der Waals surface area contributed by atoms with Crippen LogP contribution in [0.2, 0.25) is 0 Å². The van der Waals surface area contributed by atoms with Crippen molar-refractivity contribution in [3.63, 3.8) is 0 Å². The lowest BCUT2D eigenvalue weighted by Crippen LogP contribution is -2.43. The van der Waals surface area contributed by atoms with E-state index in [1.54, 1.807) is 22.5 Å². The summed E-state index contributed by atoms with van der Waals surface area (Å²) >= 11 is 0. The van der Waals surface area contributed by atoms with Crippen molar-refractivity contribution in [3.8, 4) is 0 Å². The van der Waals surface area contributed by atoms with E-state index < -0.39 is 10.0 Å². The van der Waals surface area contributed by atoms with Gasteiger partial charge < -0.3 is 10.1 Å². The topological polar surface area (TPSA) is 79.0 Å². The van der Waals surface area contributed by atoms with Crippen molar-refractivity contribution in [2.75, 3.05) is 45.9 Å². The summed E-state index contributed by atoms with van der Waals surface area (Å²) in [4.78, 5) is 15.7. The maximum absolute atomic E-state index is 13.2. The number of morpholine rings is 1. The third-order valence-corrected chi connectivity index (χ3v) is 8.25. The largest absolute Gasteiger partial charge is 0.379 e. The number of carbonyl (C=O) groups is 1. The summed E-state index contributed by atoms with van der Waals surface area (Å²) in [6.07, 6.45) is 3.86. The molecule has 1 N–H and O–H groups in total. The van der Waals surface area contributed by atoms with Gasteiger partial charge in [-0.2, -0.15) is 4.31 Å². The molecule has 0 spiro atoms. The van der Waals surface area contributed by atoms with Crippen LogP contribution in [0.1, 0.15) is 47.6 Å². The fourth-order valence-electron chi connectivity index (χ4n) is 4.43. The number of carbonyl (C=O) groups excluding carboxylic acids is 1. The van der Waals surface area contributed by atoms with Crippen LogP contribution in [-0.2, 0) is 14.8 Å². The van der Waals surface area contributed by atoms with E-state index in [0.29, 0.717) is 38.4 Å². The molecule has 2 aliphatic rings. The highest BCUT2D eigenvalue weighted by molar-refractivity contribution is 7.89. The van der Waals surface area contributed by atoms with E-state index in [4.69, 9.17) is 4.74 Å². The van der Waals surface area contributed by atoms with Gasteiger partial charge in [0, 0.05) is 38.3 Å². The Labute approximate surface area is 196 Å². The average Bonchev–Trinajstić information content (AvgIpc) is 3.15. The maximum Gasteiger partial charge on any atom is 0.251 e. The maximum atomic E-state index is 13.2. The third-order valence-electron chi connectivity index (χ3n) is 6.35. The molecule has 2 aliphatic heterocycles. The Hall–Kier alpha value is -2.26. The lowest BCUT2D eigenvalue weighted by atomic mass is 10.1. The highest BCUT2D eigenvalue weighted by Crippen LogP contribution is 2.22. The number of hydrogen-bond acceptors (Lipinski definition) is 5. The van der Waals surface area contributed by atoms with Crippen molar-refractivity contribution < 1.29 is 17.9 Å². The van der Waals surface area contributed by atoms with Gasteiger partial charge in [0.15, 0.2) is 0 Å². The van der Waals surface area contributed by atoms with E-state index >= 15 is 0 Å². The van der Waals surface area contributed by atoms with E-state index in [1.807, 2.05) is 30.3 Å². The van der Waals surface area contributed by atoms with Crippen LogP contribution in [0.25, 0.3) is 0 Å². The van der Waals surface area contributed by atoms with Crippen LogP contribution in [0.5, 0.6) is 0 Å². The Morgan fingerprint density at radius 1 is 0.909 bits per heavy atom. The number of sulfonamides is 1. The monoisotopic (exact) mass is 471 g/mol. The second kappa shape index (κ2) is 11.2. The zero-order valence-electron chi connectivity index (χ0n) is 19.0. The van der Waals surface area contributed by atoms with Crippen LogP contribution in [0.3, 0.4) is 0 Å². The minimum atomic E-state index is -3.61. The van der Waals surface area contributed by atoms with Gasteiger partial charge in [0.1, 0.15) is 0 Å². The standard InChI is InChI=1S/C25H33N3O4S/c29-25(26-24(21-9-4-3-5-10-21)20-27-15-17-32-18-16-27)22-11-8-12-23(19-22)33(30,31)28-13-6-1-2-7-14-28/h3-5,8-12,19,24H,1-2,6-7,13-18,20H2,(H,26,29). The summed E-state index contributed by atoms with van der Waals surface area (Å²) < 4.78 is 33.4. The molecule has 1 atom stereocenters. The normalized spacial score (nSPS) is 19.5. The molecule has 2 aromatic carbocycles. The van der Waals surface area contributed by atoms with Gasteiger partial charge in [-0.15, -0.1) is 0 Å². The quantitative estimate of drug-likeness (QED) is 0.672. The minimum absolute atomic E-state index is 0.182. The summed E-state index contributed by atoms with van der Waals surface area (Å²) in [6.45, 7) is 4.76. The van der Waals surface area contributed by atoms with Crippen LogP contribution < -0.4 is 5.32 Å². The molecule has 2 heterocycles. The van der Waals surface area contributed by atoms with Gasteiger partial charge in [-0.05, 0) is 36.6 Å². The molecule has 8 heteroatoms. The molecule has 2 aromatic rings. The van der Waals surface area contributed by atoms with Gasteiger partial charge in [0.25, 0.3) is 5.91 Å². The summed E-state index contributed by atoms with van der Waals surface area (Å²) in [6, 6.07) is 16.1. The zero-order valence-corrected chi connectivity index (χ0v) is 19.8. The summed E-state index contributed by atoms with van der Waals surface area (Å²) in [7, 11) is -3.61. The summed E-state index contributed by atoms with van der Waals surface area (Å²) in [5.41, 5.74) is 1.37. The van der Waals surface area contributed by atoms with Crippen LogP contribution in [0, 0.1) is 0 Å². The smallest absolute Gasteiger partial charge is 0.251 e. The average molecular weight is 472 g/mol. The van der Waals surface area contributed by atoms with E-state index in [9.17, 15) is 13.2 Å². The van der Waals surface area contributed by atoms with E-state index in [0.717, 1.165) is 44.3 Å². The van der Waals surface area contributed by atoms with E-state index in [1.165, 1.54) is 6.07 Å². The van der Waals surface area contributed by atoms with Crippen LogP contribution >= 0.6 is 0 Å². The Morgan fingerprint density at radius 3 is 2.30 bits per heavy atom. The number of nitrogens with zero attached hydrogens (tertiary/aromatic N) is 2. The first-order chi connectivity index (χ1) is 16.0. The van der Waals surface area contributed by atoms with Crippen LogP contribution in [0.15, 0.2) is 59.5 Å². The Morgan fingerprint density at radius 2 is 1.61 bits per heavy atom. The van der Waals surface area contributed by atoms with Gasteiger partial charge >= 0.3 is 0 Å². The molecule has 2 saturated heterocycles. The molecule has 0 aromatic heterocycles. The number of amides is 1. The number of benzene rings is 2. The number of ether oxygens (including phenoxy) is 1.